The summed E-state index contributed by atoms with van der Waals surface area (Å²) in [5.74, 6) is 1.83. The molecule has 0 aromatic heterocycles. The molecule has 3 atom stereocenters. The molecule has 0 radical (unpaired) electrons. The molecule has 3 unspecified atom stereocenters. The van der Waals surface area contributed by atoms with Crippen LogP contribution in [-0.2, 0) is 0 Å². The Morgan fingerprint density at radius 3 is 2.36 bits per heavy atom. The largest absolute Gasteiger partial charge is 0.155 e. The average molecular weight is 172 g/mol. The van der Waals surface area contributed by atoms with Gasteiger partial charge in [0.25, 0.3) is 0 Å². The zero-order valence-corrected chi connectivity index (χ0v) is 8.95. The Balaban J connectivity index is 2.29. The van der Waals surface area contributed by atoms with Crippen LogP contribution in [0, 0.1) is 11.8 Å². The maximum atomic E-state index is 2.39. The van der Waals surface area contributed by atoms with E-state index in [0.717, 1.165) is 22.3 Å². The third-order valence-electron chi connectivity index (χ3n) is 2.58. The van der Waals surface area contributed by atoms with E-state index >= 15 is 0 Å². The molecule has 0 amide bonds. The second-order valence-corrected chi connectivity index (χ2v) is 5.99. The highest BCUT2D eigenvalue weighted by atomic mass is 32.2. The topological polar surface area (TPSA) is 0 Å². The molecule has 1 aliphatic heterocycles. The molecule has 1 fully saturated rings. The zero-order valence-electron chi connectivity index (χ0n) is 8.13. The van der Waals surface area contributed by atoms with E-state index in [9.17, 15) is 0 Å². The molecular formula is C10H20S. The summed E-state index contributed by atoms with van der Waals surface area (Å²) in [5.41, 5.74) is 0. The Labute approximate surface area is 75.1 Å². The van der Waals surface area contributed by atoms with Gasteiger partial charge in [-0.15, -0.1) is 0 Å². The van der Waals surface area contributed by atoms with Crippen LogP contribution in [0.25, 0.3) is 0 Å². The van der Waals surface area contributed by atoms with Gasteiger partial charge in [0.1, 0.15) is 0 Å². The van der Waals surface area contributed by atoms with Crippen molar-refractivity contribution in [3.05, 3.63) is 0 Å². The van der Waals surface area contributed by atoms with E-state index in [0.29, 0.717) is 0 Å². The fourth-order valence-corrected chi connectivity index (χ4v) is 3.67. The third-order valence-corrected chi connectivity index (χ3v) is 4.24. The van der Waals surface area contributed by atoms with Crippen LogP contribution in [-0.4, -0.2) is 10.5 Å². The van der Waals surface area contributed by atoms with Crippen molar-refractivity contribution < 1.29 is 0 Å². The van der Waals surface area contributed by atoms with Gasteiger partial charge in [0, 0.05) is 10.5 Å². The molecule has 0 bridgehead atoms. The Morgan fingerprint density at radius 1 is 1.36 bits per heavy atom. The summed E-state index contributed by atoms with van der Waals surface area (Å²) < 4.78 is 0. The molecule has 0 spiro atoms. The summed E-state index contributed by atoms with van der Waals surface area (Å²) in [6.45, 7) is 9.41. The van der Waals surface area contributed by atoms with Gasteiger partial charge in [-0.1, -0.05) is 27.7 Å². The summed E-state index contributed by atoms with van der Waals surface area (Å²) >= 11 is 2.20. The molecule has 1 rings (SSSR count). The molecule has 66 valence electrons. The average Bonchev–Trinajstić information content (AvgIpc) is 2.10. The molecule has 1 heterocycles. The predicted octanol–water partition coefficient (Wildman–Crippen LogP) is 3.56. The second kappa shape index (κ2) is 3.84. The van der Waals surface area contributed by atoms with Gasteiger partial charge in [0.05, 0.1) is 0 Å². The molecule has 0 nitrogen and oxygen atoms in total. The molecule has 0 aliphatic carbocycles. The number of hydrogen-bond acceptors (Lipinski definition) is 1. The van der Waals surface area contributed by atoms with Crippen LogP contribution in [0.15, 0.2) is 0 Å². The van der Waals surface area contributed by atoms with Gasteiger partial charge in [0.15, 0.2) is 0 Å². The van der Waals surface area contributed by atoms with Crippen molar-refractivity contribution in [2.45, 2.75) is 51.0 Å². The summed E-state index contributed by atoms with van der Waals surface area (Å²) in [7, 11) is 0. The normalized spacial score (nSPS) is 38.5. The Kier molecular flexibility index (Phi) is 3.29. The molecular weight excluding hydrogens is 152 g/mol. The van der Waals surface area contributed by atoms with Gasteiger partial charge in [-0.05, 0) is 24.7 Å². The molecule has 1 saturated heterocycles. The fraction of sp³-hybridized carbons (Fsp3) is 1.00. The van der Waals surface area contributed by atoms with Crippen LogP contribution in [0.2, 0.25) is 0 Å². The standard InChI is InChI=1S/C10H20S/c1-7(2)5-10-6-8(3)9(4)11-10/h7-10H,5-6H2,1-4H3. The quantitative estimate of drug-likeness (QED) is 0.613. The lowest BCUT2D eigenvalue weighted by molar-refractivity contribution is 0.496. The van der Waals surface area contributed by atoms with E-state index < -0.39 is 0 Å². The summed E-state index contributed by atoms with van der Waals surface area (Å²) in [6.07, 6.45) is 2.86. The van der Waals surface area contributed by atoms with E-state index in [4.69, 9.17) is 0 Å². The highest BCUT2D eigenvalue weighted by Gasteiger charge is 2.28. The first-order valence-electron chi connectivity index (χ1n) is 4.75. The molecule has 11 heavy (non-hydrogen) atoms. The van der Waals surface area contributed by atoms with E-state index in [2.05, 4.69) is 39.5 Å². The van der Waals surface area contributed by atoms with E-state index in [-0.39, 0.29) is 0 Å². The van der Waals surface area contributed by atoms with E-state index in [1.807, 2.05) is 0 Å². The van der Waals surface area contributed by atoms with Crippen molar-refractivity contribution in [1.29, 1.82) is 0 Å². The summed E-state index contributed by atoms with van der Waals surface area (Å²) in [6, 6.07) is 0. The minimum absolute atomic E-state index is 0.880. The first-order chi connectivity index (χ1) is 5.09. The SMILES string of the molecule is CC(C)CC1CC(C)C(C)S1. The van der Waals surface area contributed by atoms with Crippen LogP contribution < -0.4 is 0 Å². The van der Waals surface area contributed by atoms with Crippen molar-refractivity contribution in [3.63, 3.8) is 0 Å². The van der Waals surface area contributed by atoms with Gasteiger partial charge >= 0.3 is 0 Å². The van der Waals surface area contributed by atoms with Crippen LogP contribution >= 0.6 is 11.8 Å². The smallest absolute Gasteiger partial charge is 0.00552 e. The predicted molar refractivity (Wildman–Crippen MR) is 54.1 cm³/mol. The molecule has 1 aliphatic rings. The summed E-state index contributed by atoms with van der Waals surface area (Å²) in [4.78, 5) is 0. The van der Waals surface area contributed by atoms with Crippen molar-refractivity contribution >= 4 is 11.8 Å². The van der Waals surface area contributed by atoms with Gasteiger partial charge in [0.2, 0.25) is 0 Å². The maximum Gasteiger partial charge on any atom is 0.00552 e. The molecule has 0 aromatic carbocycles. The van der Waals surface area contributed by atoms with Crippen LogP contribution in [0.3, 0.4) is 0 Å². The van der Waals surface area contributed by atoms with E-state index in [1.54, 1.807) is 0 Å². The Bertz CT molecular complexity index is 107. The number of rotatable bonds is 2. The van der Waals surface area contributed by atoms with Crippen molar-refractivity contribution in [2.24, 2.45) is 11.8 Å². The maximum absolute atomic E-state index is 2.39. The molecule has 0 saturated carbocycles. The van der Waals surface area contributed by atoms with Crippen LogP contribution in [0.4, 0.5) is 0 Å². The lowest BCUT2D eigenvalue weighted by Crippen LogP contribution is -2.03. The second-order valence-electron chi connectivity index (χ2n) is 4.31. The van der Waals surface area contributed by atoms with Crippen molar-refractivity contribution in [2.75, 3.05) is 0 Å². The van der Waals surface area contributed by atoms with Gasteiger partial charge in [-0.25, -0.2) is 0 Å². The Hall–Kier alpha value is 0.350. The number of hydrogen-bond donors (Lipinski definition) is 0. The van der Waals surface area contributed by atoms with E-state index in [1.165, 1.54) is 12.8 Å². The van der Waals surface area contributed by atoms with Gasteiger partial charge < -0.3 is 0 Å². The first-order valence-corrected chi connectivity index (χ1v) is 5.69. The third kappa shape index (κ3) is 2.70. The number of thioether (sulfide) groups is 1. The highest BCUT2D eigenvalue weighted by Crippen LogP contribution is 2.40. The van der Waals surface area contributed by atoms with Crippen molar-refractivity contribution in [1.82, 2.24) is 0 Å². The highest BCUT2D eigenvalue weighted by molar-refractivity contribution is 8.00. The van der Waals surface area contributed by atoms with Crippen LogP contribution in [0.1, 0.15) is 40.5 Å². The lowest BCUT2D eigenvalue weighted by Gasteiger charge is -2.10. The minimum atomic E-state index is 0.880. The molecule has 0 N–H and O–H groups in total. The summed E-state index contributed by atoms with van der Waals surface area (Å²) in [5, 5.41) is 1.86. The fourth-order valence-electron chi connectivity index (χ4n) is 1.78. The Morgan fingerprint density at radius 2 is 2.00 bits per heavy atom. The van der Waals surface area contributed by atoms with Crippen LogP contribution in [0.5, 0.6) is 0 Å². The molecule has 1 heteroatoms. The minimum Gasteiger partial charge on any atom is -0.155 e. The van der Waals surface area contributed by atoms with Gasteiger partial charge in [-0.2, -0.15) is 11.8 Å². The first kappa shape index (κ1) is 9.44. The zero-order chi connectivity index (χ0) is 8.43. The molecule has 0 aromatic rings. The monoisotopic (exact) mass is 172 g/mol. The lowest BCUT2D eigenvalue weighted by atomic mass is 9.98. The van der Waals surface area contributed by atoms with Gasteiger partial charge in [-0.3, -0.25) is 0 Å². The van der Waals surface area contributed by atoms with Crippen molar-refractivity contribution in [3.8, 4) is 0 Å².